The minimum absolute atomic E-state index is 0.434. The summed E-state index contributed by atoms with van der Waals surface area (Å²) < 4.78 is 0. The van der Waals surface area contributed by atoms with Gasteiger partial charge in [0, 0.05) is 13.5 Å². The van der Waals surface area contributed by atoms with Crippen molar-refractivity contribution in [3.63, 3.8) is 0 Å². The molecule has 1 aromatic rings. The number of benzene rings is 1. The van der Waals surface area contributed by atoms with Crippen molar-refractivity contribution in [2.75, 3.05) is 0 Å². The summed E-state index contributed by atoms with van der Waals surface area (Å²) in [6, 6.07) is 9.42. The number of ketones is 1. The van der Waals surface area contributed by atoms with E-state index in [-0.39, 0.29) is 0 Å². The average molecular weight is 220 g/mol. The molecule has 1 N–H and O–H groups in total. The van der Waals surface area contributed by atoms with Gasteiger partial charge in [0.25, 0.3) is 0 Å². The fourth-order valence-electron chi connectivity index (χ4n) is 1.14. The quantitative estimate of drug-likeness (QED) is 0.463. The van der Waals surface area contributed by atoms with Gasteiger partial charge in [-0.1, -0.05) is 30.3 Å². The summed E-state index contributed by atoms with van der Waals surface area (Å²) >= 11 is 0. The summed E-state index contributed by atoms with van der Waals surface area (Å²) in [6.07, 6.45) is 1.13. The summed E-state index contributed by atoms with van der Waals surface area (Å²) in [5, 5.41) is 13.2. The number of Topliss-reactive ketones (excluding diaryl/α,β-unsaturated/α-hetero) is 1. The molecule has 0 heterocycles. The molecule has 0 amide bonds. The van der Waals surface area contributed by atoms with E-state index in [1.807, 2.05) is 30.3 Å². The summed E-state index contributed by atoms with van der Waals surface area (Å²) in [7, 11) is 0. The molecule has 0 unspecified atom stereocenters. The molecule has 0 aliphatic heterocycles. The third kappa shape index (κ3) is 3.53. The van der Waals surface area contributed by atoms with Crippen molar-refractivity contribution in [1.82, 2.24) is 5.32 Å². The van der Waals surface area contributed by atoms with Crippen molar-refractivity contribution in [3.05, 3.63) is 57.9 Å². The van der Waals surface area contributed by atoms with E-state index in [0.29, 0.717) is 6.54 Å². The first-order valence-corrected chi connectivity index (χ1v) is 4.74. The molecule has 0 fully saturated rings. The van der Waals surface area contributed by atoms with Crippen LogP contribution in [0.4, 0.5) is 0 Å². The van der Waals surface area contributed by atoms with Gasteiger partial charge in [0.1, 0.15) is 0 Å². The van der Waals surface area contributed by atoms with E-state index < -0.39 is 16.4 Å². The molecule has 5 heteroatoms. The molecule has 0 saturated carbocycles. The van der Waals surface area contributed by atoms with E-state index >= 15 is 0 Å². The largest absolute Gasteiger partial charge is 0.381 e. The summed E-state index contributed by atoms with van der Waals surface area (Å²) in [6.45, 7) is 1.62. The maximum atomic E-state index is 10.9. The Hall–Kier alpha value is -2.17. The van der Waals surface area contributed by atoms with Gasteiger partial charge in [0.2, 0.25) is 5.78 Å². The van der Waals surface area contributed by atoms with E-state index in [4.69, 9.17) is 0 Å². The van der Waals surface area contributed by atoms with Gasteiger partial charge in [-0.15, -0.1) is 0 Å². The van der Waals surface area contributed by atoms with Crippen LogP contribution < -0.4 is 5.32 Å². The van der Waals surface area contributed by atoms with Crippen LogP contribution in [0.2, 0.25) is 0 Å². The monoisotopic (exact) mass is 220 g/mol. The highest BCUT2D eigenvalue weighted by Gasteiger charge is 2.15. The summed E-state index contributed by atoms with van der Waals surface area (Å²) in [4.78, 5) is 20.6. The predicted molar refractivity (Wildman–Crippen MR) is 59.0 cm³/mol. The molecule has 0 aliphatic rings. The van der Waals surface area contributed by atoms with Crippen molar-refractivity contribution >= 4 is 5.78 Å². The van der Waals surface area contributed by atoms with Crippen LogP contribution in [0.15, 0.2) is 42.2 Å². The number of hydrogen-bond donors (Lipinski definition) is 1. The molecular formula is C11H12N2O3. The first kappa shape index (κ1) is 11.9. The summed E-state index contributed by atoms with van der Waals surface area (Å²) in [5.41, 5.74) is 0.556. The van der Waals surface area contributed by atoms with Crippen molar-refractivity contribution in [3.8, 4) is 0 Å². The number of hydrogen-bond acceptors (Lipinski definition) is 4. The maximum Gasteiger partial charge on any atom is 0.327 e. The van der Waals surface area contributed by atoms with Gasteiger partial charge >= 0.3 is 5.70 Å². The van der Waals surface area contributed by atoms with Crippen molar-refractivity contribution in [2.24, 2.45) is 0 Å². The Morgan fingerprint density at radius 2 is 2.06 bits per heavy atom. The van der Waals surface area contributed by atoms with Crippen LogP contribution in [0.3, 0.4) is 0 Å². The van der Waals surface area contributed by atoms with Crippen LogP contribution in [-0.2, 0) is 11.3 Å². The molecule has 0 atom stereocenters. The molecule has 0 aromatic heterocycles. The van der Waals surface area contributed by atoms with Crippen LogP contribution in [-0.4, -0.2) is 10.7 Å². The molecule has 0 saturated heterocycles. The summed E-state index contributed by atoms with van der Waals surface area (Å²) in [5.74, 6) is -0.564. The van der Waals surface area contributed by atoms with Gasteiger partial charge in [-0.2, -0.15) is 0 Å². The van der Waals surface area contributed by atoms with Gasteiger partial charge in [-0.05, 0) is 5.56 Å². The highest BCUT2D eigenvalue weighted by Crippen LogP contribution is 1.99. The number of allylic oxidation sites excluding steroid dienone is 1. The Kier molecular flexibility index (Phi) is 4.20. The molecule has 0 aliphatic carbocycles. The van der Waals surface area contributed by atoms with Gasteiger partial charge in [0.15, 0.2) is 0 Å². The molecule has 1 rings (SSSR count). The van der Waals surface area contributed by atoms with E-state index in [1.54, 1.807) is 0 Å². The minimum atomic E-state index is -0.694. The van der Waals surface area contributed by atoms with Crippen molar-refractivity contribution in [1.29, 1.82) is 0 Å². The third-order valence-corrected chi connectivity index (χ3v) is 1.95. The zero-order chi connectivity index (χ0) is 12.0. The van der Waals surface area contributed by atoms with E-state index in [1.165, 1.54) is 6.92 Å². The lowest BCUT2D eigenvalue weighted by Crippen LogP contribution is -2.14. The second kappa shape index (κ2) is 5.65. The normalized spacial score (nSPS) is 10.9. The SMILES string of the molecule is CC(=O)/C(=C/NCc1ccccc1)[N+](=O)[O-]. The van der Waals surface area contributed by atoms with Gasteiger partial charge < -0.3 is 5.32 Å². The highest BCUT2D eigenvalue weighted by atomic mass is 16.6. The fourth-order valence-corrected chi connectivity index (χ4v) is 1.14. The minimum Gasteiger partial charge on any atom is -0.381 e. The standard InChI is InChI=1S/C11H12N2O3/c1-9(14)11(13(15)16)8-12-7-10-5-3-2-4-6-10/h2-6,8,12H,7H2,1H3/b11-8-. The molecule has 84 valence electrons. The van der Waals surface area contributed by atoms with Gasteiger partial charge in [-0.3, -0.25) is 14.9 Å². The van der Waals surface area contributed by atoms with Crippen LogP contribution in [0.25, 0.3) is 0 Å². The number of nitrogens with zero attached hydrogens (tertiary/aromatic N) is 1. The lowest BCUT2D eigenvalue weighted by atomic mass is 10.2. The molecule has 16 heavy (non-hydrogen) atoms. The van der Waals surface area contributed by atoms with Gasteiger partial charge in [-0.25, -0.2) is 0 Å². The lowest BCUT2D eigenvalue weighted by Gasteiger charge is -2.00. The van der Waals surface area contributed by atoms with Crippen LogP contribution >= 0.6 is 0 Å². The number of nitrogens with one attached hydrogen (secondary N) is 1. The molecule has 0 bridgehead atoms. The first-order valence-electron chi connectivity index (χ1n) is 4.74. The fraction of sp³-hybridized carbons (Fsp3) is 0.182. The van der Waals surface area contributed by atoms with E-state index in [0.717, 1.165) is 11.8 Å². The van der Waals surface area contributed by atoms with Crippen molar-refractivity contribution in [2.45, 2.75) is 13.5 Å². The lowest BCUT2D eigenvalue weighted by molar-refractivity contribution is -0.419. The van der Waals surface area contributed by atoms with Crippen LogP contribution in [0, 0.1) is 10.1 Å². The highest BCUT2D eigenvalue weighted by molar-refractivity contribution is 5.90. The zero-order valence-electron chi connectivity index (χ0n) is 8.84. The third-order valence-electron chi connectivity index (χ3n) is 1.95. The molecule has 5 nitrogen and oxygen atoms in total. The Labute approximate surface area is 92.9 Å². The molecule has 0 radical (unpaired) electrons. The number of carbonyl (C=O) groups excluding carboxylic acids is 1. The Morgan fingerprint density at radius 3 is 2.56 bits per heavy atom. The topological polar surface area (TPSA) is 72.2 Å². The molecule has 1 aromatic carbocycles. The van der Waals surface area contributed by atoms with Crippen molar-refractivity contribution < 1.29 is 9.72 Å². The van der Waals surface area contributed by atoms with E-state index in [2.05, 4.69) is 5.32 Å². The van der Waals surface area contributed by atoms with Crippen LogP contribution in [0.5, 0.6) is 0 Å². The molecular weight excluding hydrogens is 208 g/mol. The maximum absolute atomic E-state index is 10.9. The number of carbonyl (C=O) groups is 1. The van der Waals surface area contributed by atoms with Crippen LogP contribution in [0.1, 0.15) is 12.5 Å². The number of nitro groups is 1. The number of rotatable bonds is 5. The Balaban J connectivity index is 2.59. The van der Waals surface area contributed by atoms with Gasteiger partial charge in [0.05, 0.1) is 11.1 Å². The first-order chi connectivity index (χ1) is 7.61. The second-order valence-corrected chi connectivity index (χ2v) is 3.21. The zero-order valence-corrected chi connectivity index (χ0v) is 8.84. The molecule has 0 spiro atoms. The second-order valence-electron chi connectivity index (χ2n) is 3.21. The average Bonchev–Trinajstić information content (AvgIpc) is 2.24. The smallest absolute Gasteiger partial charge is 0.327 e. The Morgan fingerprint density at radius 1 is 1.44 bits per heavy atom. The Bertz CT molecular complexity index is 396. The van der Waals surface area contributed by atoms with E-state index in [9.17, 15) is 14.9 Å². The predicted octanol–water partition coefficient (Wildman–Crippen LogP) is 1.48.